The highest BCUT2D eigenvalue weighted by atomic mass is 127. The molecule has 27 heavy (non-hydrogen) atoms. The maximum Gasteiger partial charge on any atom is 0.215 e. The average Bonchev–Trinajstić information content (AvgIpc) is 3.07. The molecule has 0 saturated heterocycles. The van der Waals surface area contributed by atoms with Crippen LogP contribution in [0.4, 0.5) is 0 Å². The van der Waals surface area contributed by atoms with Gasteiger partial charge in [0.1, 0.15) is 3.70 Å². The topological polar surface area (TPSA) is 37.9 Å². The molecule has 1 heterocycles. The van der Waals surface area contributed by atoms with Crippen LogP contribution in [0, 0.1) is 3.70 Å². The van der Waals surface area contributed by atoms with Crippen molar-refractivity contribution in [3.63, 3.8) is 0 Å². The standard InChI is InChI=1S/C22H36IN2OSi/c1-5-8-14-22(15-9-6-2,16-10-7-3)27(4)26-17-18-12-11-13-19-20(18)21(23)25-24-19/h11-13H,5-10,14-17H2,1-4H3,(H,24,25). The first-order chi connectivity index (χ1) is 13.1. The first-order valence-electron chi connectivity index (χ1n) is 10.7. The monoisotopic (exact) mass is 499 g/mol. The molecule has 0 atom stereocenters. The molecule has 2 rings (SSSR count). The third kappa shape index (κ3) is 6.04. The minimum absolute atomic E-state index is 0.421. The van der Waals surface area contributed by atoms with Crippen LogP contribution in [0.3, 0.4) is 0 Å². The summed E-state index contributed by atoms with van der Waals surface area (Å²) in [6.07, 6.45) is 11.8. The molecule has 3 nitrogen and oxygen atoms in total. The summed E-state index contributed by atoms with van der Waals surface area (Å²) in [6, 6.07) is 6.36. The van der Waals surface area contributed by atoms with E-state index in [-0.39, 0.29) is 0 Å². The molecule has 151 valence electrons. The van der Waals surface area contributed by atoms with Crippen LogP contribution in [0.25, 0.3) is 10.9 Å². The normalized spacial score (nSPS) is 12.4. The lowest BCUT2D eigenvalue weighted by molar-refractivity contribution is 0.262. The van der Waals surface area contributed by atoms with Crippen LogP contribution < -0.4 is 0 Å². The molecule has 1 N–H and O–H groups in total. The van der Waals surface area contributed by atoms with E-state index in [0.717, 1.165) is 9.22 Å². The van der Waals surface area contributed by atoms with Crippen LogP contribution in [0.15, 0.2) is 18.2 Å². The van der Waals surface area contributed by atoms with Crippen molar-refractivity contribution in [1.82, 2.24) is 10.2 Å². The molecular weight excluding hydrogens is 463 g/mol. The Hall–Kier alpha value is -0.403. The maximum absolute atomic E-state index is 6.67. The molecule has 0 spiro atoms. The van der Waals surface area contributed by atoms with Gasteiger partial charge in [0.15, 0.2) is 0 Å². The number of rotatable bonds is 13. The van der Waals surface area contributed by atoms with Crippen molar-refractivity contribution in [2.75, 3.05) is 0 Å². The number of benzene rings is 1. The van der Waals surface area contributed by atoms with Crippen molar-refractivity contribution in [1.29, 1.82) is 0 Å². The second kappa shape index (κ2) is 11.6. The number of halogens is 1. The van der Waals surface area contributed by atoms with Gasteiger partial charge in [0.25, 0.3) is 0 Å². The highest BCUT2D eigenvalue weighted by Gasteiger charge is 2.37. The van der Waals surface area contributed by atoms with Crippen LogP contribution in [0.1, 0.15) is 84.1 Å². The van der Waals surface area contributed by atoms with Crippen LogP contribution >= 0.6 is 22.6 Å². The summed E-state index contributed by atoms with van der Waals surface area (Å²) in [5.41, 5.74) is 2.31. The number of fused-ring (bicyclic) bond motifs is 1. The van der Waals surface area contributed by atoms with E-state index in [9.17, 15) is 0 Å². The fraction of sp³-hybridized carbons (Fsp3) is 0.682. The van der Waals surface area contributed by atoms with Gasteiger partial charge in [-0.15, -0.1) is 0 Å². The summed E-state index contributed by atoms with van der Waals surface area (Å²) in [4.78, 5) is 0. The van der Waals surface area contributed by atoms with Gasteiger partial charge in [0.05, 0.1) is 12.1 Å². The van der Waals surface area contributed by atoms with E-state index >= 15 is 0 Å². The molecule has 2 aromatic rings. The number of aromatic nitrogens is 2. The van der Waals surface area contributed by atoms with Gasteiger partial charge >= 0.3 is 0 Å². The van der Waals surface area contributed by atoms with E-state index in [1.54, 1.807) is 0 Å². The lowest BCUT2D eigenvalue weighted by atomic mass is 9.89. The molecule has 5 heteroatoms. The Balaban J connectivity index is 2.17. The highest BCUT2D eigenvalue weighted by Crippen LogP contribution is 2.47. The zero-order valence-corrected chi connectivity index (χ0v) is 20.7. The van der Waals surface area contributed by atoms with E-state index < -0.39 is 9.04 Å². The van der Waals surface area contributed by atoms with Crippen LogP contribution in [0.5, 0.6) is 0 Å². The predicted octanol–water partition coefficient (Wildman–Crippen LogP) is 7.62. The SMILES string of the molecule is CCCCC(CCCC)(CCCC)[Si](C)OCc1cccc2n[nH]c(I)c12. The van der Waals surface area contributed by atoms with Gasteiger partial charge in [0.2, 0.25) is 9.04 Å². The predicted molar refractivity (Wildman–Crippen MR) is 126 cm³/mol. The number of aromatic amines is 1. The van der Waals surface area contributed by atoms with Crippen molar-refractivity contribution < 1.29 is 4.43 Å². The van der Waals surface area contributed by atoms with Gasteiger partial charge in [-0.25, -0.2) is 0 Å². The van der Waals surface area contributed by atoms with Crippen molar-refractivity contribution in [2.24, 2.45) is 0 Å². The number of H-pyrrole nitrogens is 1. The van der Waals surface area contributed by atoms with Crippen LogP contribution in [0.2, 0.25) is 11.6 Å². The molecule has 1 aromatic heterocycles. The van der Waals surface area contributed by atoms with Gasteiger partial charge < -0.3 is 4.43 Å². The van der Waals surface area contributed by atoms with E-state index in [2.05, 4.69) is 78.3 Å². The first kappa shape index (κ1) is 22.9. The fourth-order valence-corrected chi connectivity index (χ4v) is 7.01. The molecule has 0 amide bonds. The van der Waals surface area contributed by atoms with Gasteiger partial charge in [-0.1, -0.05) is 71.4 Å². The molecule has 0 aliphatic rings. The quantitative estimate of drug-likeness (QED) is 0.227. The van der Waals surface area contributed by atoms with Gasteiger partial charge in [0, 0.05) is 5.39 Å². The molecule has 0 saturated carbocycles. The summed E-state index contributed by atoms with van der Waals surface area (Å²) in [6.45, 7) is 10.1. The molecule has 1 radical (unpaired) electrons. The number of unbranched alkanes of at least 4 members (excludes halogenated alkanes) is 3. The summed E-state index contributed by atoms with van der Waals surface area (Å²) < 4.78 is 7.79. The first-order valence-corrected chi connectivity index (χ1v) is 13.6. The molecule has 0 aliphatic heterocycles. The number of hydrogen-bond donors (Lipinski definition) is 1. The lowest BCUT2D eigenvalue weighted by Crippen LogP contribution is -2.33. The Labute approximate surface area is 180 Å². The summed E-state index contributed by atoms with van der Waals surface area (Å²) in [5.74, 6) is 0. The van der Waals surface area contributed by atoms with Crippen LogP contribution in [-0.2, 0) is 11.0 Å². The smallest absolute Gasteiger partial charge is 0.215 e. The number of nitrogens with one attached hydrogen (secondary N) is 1. The van der Waals surface area contributed by atoms with E-state index in [1.807, 2.05) is 0 Å². The fourth-order valence-electron chi connectivity index (χ4n) is 4.01. The molecule has 0 bridgehead atoms. The highest BCUT2D eigenvalue weighted by molar-refractivity contribution is 14.1. The Bertz CT molecular complexity index is 666. The summed E-state index contributed by atoms with van der Waals surface area (Å²) in [7, 11) is -0.899. The molecule has 1 aromatic carbocycles. The van der Waals surface area contributed by atoms with Crippen molar-refractivity contribution in [3.05, 3.63) is 27.5 Å². The maximum atomic E-state index is 6.67. The molecule has 0 fully saturated rings. The second-order valence-electron chi connectivity index (χ2n) is 7.78. The minimum atomic E-state index is -0.899. The zero-order valence-electron chi connectivity index (χ0n) is 17.5. The largest absolute Gasteiger partial charge is 0.412 e. The van der Waals surface area contributed by atoms with Gasteiger partial charge in [-0.3, -0.25) is 5.10 Å². The lowest BCUT2D eigenvalue weighted by Gasteiger charge is -2.38. The Kier molecular flexibility index (Phi) is 9.80. The summed E-state index contributed by atoms with van der Waals surface area (Å²) in [5, 5.41) is 9.16. The average molecular weight is 500 g/mol. The number of nitrogens with zero attached hydrogens (tertiary/aromatic N) is 1. The summed E-state index contributed by atoms with van der Waals surface area (Å²) >= 11 is 2.34. The Morgan fingerprint density at radius 2 is 1.63 bits per heavy atom. The molecule has 0 unspecified atom stereocenters. The van der Waals surface area contributed by atoms with Crippen molar-refractivity contribution >= 4 is 42.5 Å². The third-order valence-corrected chi connectivity index (χ3v) is 9.44. The molecular formula is C22H36IN2OSi. The van der Waals surface area contributed by atoms with Crippen molar-refractivity contribution in [3.8, 4) is 0 Å². The zero-order chi connectivity index (χ0) is 19.7. The number of hydrogen-bond acceptors (Lipinski definition) is 2. The van der Waals surface area contributed by atoms with E-state index in [4.69, 9.17) is 4.43 Å². The van der Waals surface area contributed by atoms with Gasteiger partial charge in [-0.05, 0) is 65.1 Å². The van der Waals surface area contributed by atoms with Crippen molar-refractivity contribution in [2.45, 2.75) is 96.8 Å². The third-order valence-electron chi connectivity index (χ3n) is 5.84. The van der Waals surface area contributed by atoms with Crippen LogP contribution in [-0.4, -0.2) is 19.2 Å². The second-order valence-corrected chi connectivity index (χ2v) is 11.3. The Morgan fingerprint density at radius 1 is 1.04 bits per heavy atom. The van der Waals surface area contributed by atoms with E-state index in [1.165, 1.54) is 68.7 Å². The van der Waals surface area contributed by atoms with Gasteiger partial charge in [-0.2, -0.15) is 5.10 Å². The minimum Gasteiger partial charge on any atom is -0.412 e. The Morgan fingerprint density at radius 3 is 2.19 bits per heavy atom. The van der Waals surface area contributed by atoms with E-state index in [0.29, 0.717) is 11.6 Å². The molecule has 0 aliphatic carbocycles.